The lowest BCUT2D eigenvalue weighted by Gasteiger charge is -2.25. The Kier molecular flexibility index (Phi) is 8.70. The molecule has 0 saturated heterocycles. The van der Waals surface area contributed by atoms with E-state index in [1.165, 1.54) is 155 Å². The zero-order chi connectivity index (χ0) is 50.2. The molecule has 11 aromatic rings. The molecule has 15 rings (SSSR count). The van der Waals surface area contributed by atoms with Gasteiger partial charge in [0, 0.05) is 21.7 Å². The van der Waals surface area contributed by atoms with Crippen LogP contribution >= 0.6 is 0 Å². The first-order valence-corrected chi connectivity index (χ1v) is 26.7. The lowest BCUT2D eigenvalue weighted by Crippen LogP contribution is -2.15. The van der Waals surface area contributed by atoms with Crippen LogP contribution in [0.4, 0.5) is 0 Å². The highest BCUT2D eigenvalue weighted by Gasteiger charge is 2.40. The molecule has 0 radical (unpaired) electrons. The van der Waals surface area contributed by atoms with E-state index in [9.17, 15) is 0 Å². The monoisotopic (exact) mass is 946 g/mol. The Bertz CT molecular complexity index is 4300. The van der Waals surface area contributed by atoms with Crippen LogP contribution in [0.3, 0.4) is 0 Å². The predicted octanol–water partition coefficient (Wildman–Crippen LogP) is 19.9. The van der Waals surface area contributed by atoms with Gasteiger partial charge >= 0.3 is 0 Å². The van der Waals surface area contributed by atoms with Crippen molar-refractivity contribution in [3.8, 4) is 89.0 Å². The molecule has 0 atom stereocenters. The van der Waals surface area contributed by atoms with Crippen molar-refractivity contribution in [3.63, 3.8) is 0 Å². The Labute approximate surface area is 436 Å². The van der Waals surface area contributed by atoms with Crippen LogP contribution in [0.25, 0.3) is 111 Å². The fourth-order valence-electron chi connectivity index (χ4n) is 14.8. The SMILES string of the molecule is CC1(C)c2ccccc2-c2ccc(-c3ccc4c(c3)C(C)(C)c3cc(-c5c6ccccc6c(-c6cccc7c6-c6ccccc6C7(C)C)c6cc(-c7ccc8c(c7)C(C)(C)c7ccccc7-8)ccc56)ccc3-4)cc21. The van der Waals surface area contributed by atoms with E-state index in [0.717, 1.165) is 0 Å². The molecule has 0 aromatic heterocycles. The molecule has 0 spiro atoms. The third-order valence-corrected chi connectivity index (χ3v) is 18.7. The standard InChI is InChI=1S/C74H58/c1-71(2)62-26-16-13-22-57(62)70-58(23-17-27-63(70)71)69-55-21-10-9-20-54(55)68(56-37-31-43(38-59(56)69)44-28-33-50-48-18-11-14-24-60(48)72(3,4)64(50)39-44)47-32-36-53-52-35-30-46(41-66(52)74(7,8)67(53)42-47)45-29-34-51-49-19-12-15-25-61(49)73(5,6)65(51)40-45/h9-42H,1-8H3. The number of hydrogen-bond acceptors (Lipinski definition) is 0. The summed E-state index contributed by atoms with van der Waals surface area (Å²) in [5.74, 6) is 0. The van der Waals surface area contributed by atoms with Crippen molar-refractivity contribution >= 4 is 21.5 Å². The predicted molar refractivity (Wildman–Crippen MR) is 313 cm³/mol. The van der Waals surface area contributed by atoms with Gasteiger partial charge in [-0.3, -0.25) is 0 Å². The van der Waals surface area contributed by atoms with Crippen LogP contribution in [0.5, 0.6) is 0 Å². The second-order valence-electron chi connectivity index (χ2n) is 24.0. The molecule has 4 aliphatic rings. The summed E-state index contributed by atoms with van der Waals surface area (Å²) in [6.45, 7) is 19.2. The van der Waals surface area contributed by atoms with Gasteiger partial charge in [0.15, 0.2) is 0 Å². The third kappa shape index (κ3) is 5.69. The molecule has 0 aliphatic heterocycles. The van der Waals surface area contributed by atoms with E-state index in [1.807, 2.05) is 0 Å². The van der Waals surface area contributed by atoms with Crippen LogP contribution in [-0.4, -0.2) is 0 Å². The van der Waals surface area contributed by atoms with Crippen molar-refractivity contribution in [2.75, 3.05) is 0 Å². The second kappa shape index (κ2) is 14.8. The number of rotatable bonds is 4. The van der Waals surface area contributed by atoms with Crippen molar-refractivity contribution in [2.45, 2.75) is 77.0 Å². The minimum atomic E-state index is -0.215. The van der Waals surface area contributed by atoms with Gasteiger partial charge in [-0.25, -0.2) is 0 Å². The molecule has 0 heteroatoms. The molecule has 0 unspecified atom stereocenters. The van der Waals surface area contributed by atoms with Gasteiger partial charge in [-0.05, 0) is 185 Å². The van der Waals surface area contributed by atoms with E-state index in [-0.39, 0.29) is 21.7 Å². The molecule has 354 valence electrons. The van der Waals surface area contributed by atoms with Crippen LogP contribution in [0.15, 0.2) is 206 Å². The highest BCUT2D eigenvalue weighted by Crippen LogP contribution is 2.57. The number of benzene rings is 11. The van der Waals surface area contributed by atoms with E-state index in [4.69, 9.17) is 0 Å². The van der Waals surface area contributed by atoms with E-state index >= 15 is 0 Å². The molecular weight excluding hydrogens is 889 g/mol. The topological polar surface area (TPSA) is 0 Å². The van der Waals surface area contributed by atoms with E-state index < -0.39 is 0 Å². The summed E-state index contributed by atoms with van der Waals surface area (Å²) in [7, 11) is 0. The maximum absolute atomic E-state index is 2.54. The lowest BCUT2D eigenvalue weighted by molar-refractivity contribution is 0.659. The summed E-state index contributed by atoms with van der Waals surface area (Å²) in [6.07, 6.45) is 0. The zero-order valence-corrected chi connectivity index (χ0v) is 43.6. The maximum Gasteiger partial charge on any atom is 0.0159 e. The van der Waals surface area contributed by atoms with Crippen LogP contribution < -0.4 is 0 Å². The van der Waals surface area contributed by atoms with Gasteiger partial charge < -0.3 is 0 Å². The fourth-order valence-corrected chi connectivity index (χ4v) is 14.8. The van der Waals surface area contributed by atoms with Crippen LogP contribution in [-0.2, 0) is 21.7 Å². The quantitative estimate of drug-likeness (QED) is 0.154. The molecule has 74 heavy (non-hydrogen) atoms. The molecule has 0 bridgehead atoms. The molecule has 0 saturated carbocycles. The molecule has 0 N–H and O–H groups in total. The third-order valence-electron chi connectivity index (χ3n) is 18.7. The summed E-state index contributed by atoms with van der Waals surface area (Å²) in [6, 6.07) is 79.6. The van der Waals surface area contributed by atoms with Gasteiger partial charge in [-0.15, -0.1) is 0 Å². The van der Waals surface area contributed by atoms with Gasteiger partial charge in [0.05, 0.1) is 0 Å². The molecular formula is C74H58. The first-order chi connectivity index (χ1) is 35.7. The summed E-state index contributed by atoms with van der Waals surface area (Å²) in [5, 5.41) is 5.11. The summed E-state index contributed by atoms with van der Waals surface area (Å²) in [4.78, 5) is 0. The molecule has 4 aliphatic carbocycles. The van der Waals surface area contributed by atoms with Crippen molar-refractivity contribution < 1.29 is 0 Å². The average Bonchev–Trinajstić information content (AvgIpc) is 4.05. The smallest absolute Gasteiger partial charge is 0.0159 e. The highest BCUT2D eigenvalue weighted by atomic mass is 14.4. The first-order valence-electron chi connectivity index (χ1n) is 26.7. The van der Waals surface area contributed by atoms with Gasteiger partial charge in [0.2, 0.25) is 0 Å². The number of hydrogen-bond donors (Lipinski definition) is 0. The molecule has 11 aromatic carbocycles. The average molecular weight is 947 g/mol. The van der Waals surface area contributed by atoms with Gasteiger partial charge in [-0.1, -0.05) is 231 Å². The zero-order valence-electron chi connectivity index (χ0n) is 43.6. The van der Waals surface area contributed by atoms with Crippen LogP contribution in [0.1, 0.15) is 99.9 Å². The van der Waals surface area contributed by atoms with Gasteiger partial charge in [0.1, 0.15) is 0 Å². The summed E-state index contributed by atoms with van der Waals surface area (Å²) < 4.78 is 0. The van der Waals surface area contributed by atoms with E-state index in [0.29, 0.717) is 0 Å². The second-order valence-corrected chi connectivity index (χ2v) is 24.0. The van der Waals surface area contributed by atoms with Gasteiger partial charge in [0.25, 0.3) is 0 Å². The van der Waals surface area contributed by atoms with E-state index in [2.05, 4.69) is 262 Å². The van der Waals surface area contributed by atoms with Crippen LogP contribution in [0, 0.1) is 0 Å². The largest absolute Gasteiger partial charge is 0.0619 e. The maximum atomic E-state index is 2.54. The van der Waals surface area contributed by atoms with Crippen LogP contribution in [0.2, 0.25) is 0 Å². The van der Waals surface area contributed by atoms with Gasteiger partial charge in [-0.2, -0.15) is 0 Å². The Morgan fingerprint density at radius 2 is 0.514 bits per heavy atom. The van der Waals surface area contributed by atoms with Crippen molar-refractivity contribution in [1.82, 2.24) is 0 Å². The molecule has 0 fully saturated rings. The highest BCUT2D eigenvalue weighted by molar-refractivity contribution is 6.23. The molecule has 0 amide bonds. The van der Waals surface area contributed by atoms with Crippen molar-refractivity contribution in [3.05, 3.63) is 251 Å². The Hall–Kier alpha value is -8.06. The minimum Gasteiger partial charge on any atom is -0.0619 e. The summed E-state index contributed by atoms with van der Waals surface area (Å²) in [5.41, 5.74) is 31.7. The lowest BCUT2D eigenvalue weighted by atomic mass is 9.78. The minimum absolute atomic E-state index is 0.0475. The Balaban J connectivity index is 0.920. The van der Waals surface area contributed by atoms with Crippen molar-refractivity contribution in [1.29, 1.82) is 0 Å². The first kappa shape index (κ1) is 43.5. The normalized spacial score (nSPS) is 16.0. The summed E-state index contributed by atoms with van der Waals surface area (Å²) >= 11 is 0. The van der Waals surface area contributed by atoms with E-state index in [1.54, 1.807) is 0 Å². The molecule has 0 nitrogen and oxygen atoms in total. The Morgan fingerprint density at radius 3 is 1.04 bits per heavy atom. The molecule has 0 heterocycles. The Morgan fingerprint density at radius 1 is 0.189 bits per heavy atom. The number of fused-ring (bicyclic) bond motifs is 14. The van der Waals surface area contributed by atoms with Crippen molar-refractivity contribution in [2.24, 2.45) is 0 Å². The fraction of sp³-hybridized carbons (Fsp3) is 0.162.